The molecule has 2 aromatic heterocycles. The van der Waals surface area contributed by atoms with Crippen molar-refractivity contribution in [2.24, 2.45) is 5.84 Å². The molecule has 39 heavy (non-hydrogen) atoms. The first-order chi connectivity index (χ1) is 18.9. The Labute approximate surface area is 223 Å². The average Bonchev–Trinajstić information content (AvgIpc) is 2.99. The fraction of sp³-hybridized carbons (Fsp3) is 0.138. The Kier molecular flexibility index (Phi) is 7.27. The van der Waals surface area contributed by atoms with E-state index in [0.29, 0.717) is 34.3 Å². The average molecular weight is 522 g/mol. The second-order valence-electron chi connectivity index (χ2n) is 8.77. The zero-order valence-corrected chi connectivity index (χ0v) is 20.6. The van der Waals surface area contributed by atoms with E-state index >= 15 is 0 Å². The quantitative estimate of drug-likeness (QED) is 0.160. The standard InChI is InChI=1S/C29H23N5O5/c30-33-27(35)22-15-25(32-24-11-12-31-16-23(22)24)20-7-3-18(4-8-20)1-2-19-5-9-21(10-6-19)28(36)34-13-14-39-26(17-34)29(37)38/h3-12,15-16,26H,13-14,17,30H2,(H,33,35)(H,37,38). The van der Waals surface area contributed by atoms with Gasteiger partial charge in [0.05, 0.1) is 29.9 Å². The van der Waals surface area contributed by atoms with Gasteiger partial charge in [0.15, 0.2) is 6.10 Å². The number of carboxylic acids is 1. The fourth-order valence-corrected chi connectivity index (χ4v) is 4.21. The molecule has 1 saturated heterocycles. The Balaban J connectivity index is 1.30. The van der Waals surface area contributed by atoms with Crippen molar-refractivity contribution in [1.29, 1.82) is 0 Å². The summed E-state index contributed by atoms with van der Waals surface area (Å²) in [5.74, 6) is 9.79. The summed E-state index contributed by atoms with van der Waals surface area (Å²) < 4.78 is 5.18. The maximum absolute atomic E-state index is 12.8. The Hall–Kier alpha value is -5.11. The summed E-state index contributed by atoms with van der Waals surface area (Å²) in [5.41, 5.74) is 6.55. The van der Waals surface area contributed by atoms with Gasteiger partial charge in [-0.05, 0) is 48.5 Å². The van der Waals surface area contributed by atoms with Gasteiger partial charge in [0.2, 0.25) is 0 Å². The number of fused-ring (bicyclic) bond motifs is 1. The maximum atomic E-state index is 12.8. The van der Waals surface area contributed by atoms with Crippen molar-refractivity contribution in [3.63, 3.8) is 0 Å². The molecule has 0 aliphatic carbocycles. The number of benzene rings is 2. The molecule has 194 valence electrons. The van der Waals surface area contributed by atoms with E-state index in [2.05, 4.69) is 27.2 Å². The van der Waals surface area contributed by atoms with E-state index in [-0.39, 0.29) is 19.1 Å². The van der Waals surface area contributed by atoms with Crippen LogP contribution in [0.2, 0.25) is 0 Å². The minimum absolute atomic E-state index is 0.0131. The van der Waals surface area contributed by atoms with Gasteiger partial charge < -0.3 is 14.7 Å². The summed E-state index contributed by atoms with van der Waals surface area (Å²) in [6, 6.07) is 17.7. The van der Waals surface area contributed by atoms with Crippen molar-refractivity contribution >= 4 is 28.7 Å². The van der Waals surface area contributed by atoms with Crippen LogP contribution in [0.5, 0.6) is 0 Å². The van der Waals surface area contributed by atoms with Crippen LogP contribution in [0.3, 0.4) is 0 Å². The van der Waals surface area contributed by atoms with Crippen LogP contribution in [0.15, 0.2) is 73.1 Å². The number of pyridine rings is 2. The SMILES string of the molecule is NNC(=O)c1cc(-c2ccc(C#Cc3ccc(C(=O)N4CCOC(C(=O)O)C4)cc3)cc2)nc2ccncc12. The lowest BCUT2D eigenvalue weighted by molar-refractivity contribution is -0.154. The van der Waals surface area contributed by atoms with Crippen molar-refractivity contribution in [3.05, 3.63) is 95.3 Å². The lowest BCUT2D eigenvalue weighted by atomic mass is 10.0. The number of nitrogens with zero attached hydrogens (tertiary/aromatic N) is 3. The number of ether oxygens (including phenoxy) is 1. The van der Waals surface area contributed by atoms with Gasteiger partial charge in [0.25, 0.3) is 11.8 Å². The molecule has 3 heterocycles. The number of nitrogen functional groups attached to an aromatic ring is 1. The summed E-state index contributed by atoms with van der Waals surface area (Å²) in [6.07, 6.45) is 2.18. The highest BCUT2D eigenvalue weighted by Gasteiger charge is 2.29. The van der Waals surface area contributed by atoms with Gasteiger partial charge >= 0.3 is 5.97 Å². The fourth-order valence-electron chi connectivity index (χ4n) is 4.21. The second-order valence-corrected chi connectivity index (χ2v) is 8.77. The Morgan fingerprint density at radius 2 is 1.72 bits per heavy atom. The number of aromatic nitrogens is 2. The van der Waals surface area contributed by atoms with Crippen LogP contribution in [0.1, 0.15) is 31.8 Å². The molecule has 0 bridgehead atoms. The third kappa shape index (κ3) is 5.60. The number of amides is 2. The van der Waals surface area contributed by atoms with Crippen LogP contribution in [-0.2, 0) is 9.53 Å². The van der Waals surface area contributed by atoms with Gasteiger partial charge in [-0.2, -0.15) is 0 Å². The van der Waals surface area contributed by atoms with E-state index in [0.717, 1.165) is 16.7 Å². The zero-order chi connectivity index (χ0) is 27.4. The van der Waals surface area contributed by atoms with E-state index in [1.165, 1.54) is 4.90 Å². The van der Waals surface area contributed by atoms with Gasteiger partial charge in [-0.1, -0.05) is 24.0 Å². The van der Waals surface area contributed by atoms with Gasteiger partial charge in [0.1, 0.15) is 0 Å². The van der Waals surface area contributed by atoms with Crippen molar-refractivity contribution in [3.8, 4) is 23.1 Å². The number of hydrazine groups is 1. The molecule has 1 aliphatic rings. The largest absolute Gasteiger partial charge is 0.479 e. The summed E-state index contributed by atoms with van der Waals surface area (Å²) in [4.78, 5) is 46.5. The normalized spacial score (nSPS) is 14.8. The highest BCUT2D eigenvalue weighted by molar-refractivity contribution is 6.06. The number of nitrogens with two attached hydrogens (primary N) is 1. The predicted octanol–water partition coefficient (Wildman–Crippen LogP) is 2.23. The van der Waals surface area contributed by atoms with Crippen LogP contribution < -0.4 is 11.3 Å². The molecule has 0 saturated carbocycles. The molecule has 0 radical (unpaired) electrons. The van der Waals surface area contributed by atoms with E-state index in [1.807, 2.05) is 24.3 Å². The van der Waals surface area contributed by atoms with Gasteiger partial charge in [0, 0.05) is 46.6 Å². The first kappa shape index (κ1) is 25.5. The molecule has 10 heteroatoms. The number of hydrogen-bond donors (Lipinski definition) is 3. The van der Waals surface area contributed by atoms with E-state index < -0.39 is 18.0 Å². The number of morpholine rings is 1. The molecule has 2 amide bonds. The Morgan fingerprint density at radius 3 is 2.38 bits per heavy atom. The number of carbonyl (C=O) groups excluding carboxylic acids is 2. The molecular formula is C29H23N5O5. The molecule has 2 aromatic carbocycles. The number of hydrogen-bond acceptors (Lipinski definition) is 7. The lowest BCUT2D eigenvalue weighted by Crippen LogP contribution is -2.48. The molecule has 0 spiro atoms. The summed E-state index contributed by atoms with van der Waals surface area (Å²) in [6.45, 7) is 0.538. The van der Waals surface area contributed by atoms with Crippen LogP contribution in [0, 0.1) is 11.8 Å². The molecule has 1 unspecified atom stereocenters. The minimum Gasteiger partial charge on any atom is -0.479 e. The third-order valence-corrected chi connectivity index (χ3v) is 6.28. The predicted molar refractivity (Wildman–Crippen MR) is 142 cm³/mol. The molecule has 1 aliphatic heterocycles. The molecular weight excluding hydrogens is 498 g/mol. The number of aliphatic carboxylic acids is 1. The van der Waals surface area contributed by atoms with Crippen molar-refractivity contribution in [2.75, 3.05) is 19.7 Å². The third-order valence-electron chi connectivity index (χ3n) is 6.28. The van der Waals surface area contributed by atoms with E-state index in [1.54, 1.807) is 48.8 Å². The van der Waals surface area contributed by atoms with Gasteiger partial charge in [-0.15, -0.1) is 0 Å². The molecule has 4 aromatic rings. The zero-order valence-electron chi connectivity index (χ0n) is 20.6. The summed E-state index contributed by atoms with van der Waals surface area (Å²) in [5, 5.41) is 9.75. The van der Waals surface area contributed by atoms with Gasteiger partial charge in [-0.3, -0.25) is 20.0 Å². The van der Waals surface area contributed by atoms with Crippen molar-refractivity contribution < 1.29 is 24.2 Å². The van der Waals surface area contributed by atoms with Gasteiger partial charge in [-0.25, -0.2) is 15.6 Å². The summed E-state index contributed by atoms with van der Waals surface area (Å²) in [7, 11) is 0. The van der Waals surface area contributed by atoms with E-state index in [9.17, 15) is 14.4 Å². The number of carboxylic acid groups (broad SMARTS) is 1. The number of carbonyl (C=O) groups is 3. The van der Waals surface area contributed by atoms with Crippen LogP contribution in [0.4, 0.5) is 0 Å². The molecule has 10 nitrogen and oxygen atoms in total. The number of nitrogens with one attached hydrogen (secondary N) is 1. The first-order valence-corrected chi connectivity index (χ1v) is 12.0. The number of rotatable bonds is 4. The maximum Gasteiger partial charge on any atom is 0.334 e. The Morgan fingerprint density at radius 1 is 1.03 bits per heavy atom. The highest BCUT2D eigenvalue weighted by Crippen LogP contribution is 2.24. The molecule has 5 rings (SSSR count). The first-order valence-electron chi connectivity index (χ1n) is 12.0. The molecule has 4 N–H and O–H groups in total. The van der Waals surface area contributed by atoms with E-state index in [4.69, 9.17) is 15.7 Å². The van der Waals surface area contributed by atoms with Crippen LogP contribution in [-0.4, -0.2) is 63.6 Å². The smallest absolute Gasteiger partial charge is 0.334 e. The van der Waals surface area contributed by atoms with Crippen LogP contribution >= 0.6 is 0 Å². The minimum atomic E-state index is -1.08. The molecule has 1 atom stereocenters. The topological polar surface area (TPSA) is 148 Å². The van der Waals surface area contributed by atoms with Crippen molar-refractivity contribution in [2.45, 2.75) is 6.10 Å². The Bertz CT molecular complexity index is 1620. The molecule has 1 fully saturated rings. The summed E-state index contributed by atoms with van der Waals surface area (Å²) >= 11 is 0. The van der Waals surface area contributed by atoms with Crippen molar-refractivity contribution in [1.82, 2.24) is 20.3 Å². The second kappa shape index (κ2) is 11.1. The highest BCUT2D eigenvalue weighted by atomic mass is 16.5. The van der Waals surface area contributed by atoms with Crippen LogP contribution in [0.25, 0.3) is 22.2 Å². The lowest BCUT2D eigenvalue weighted by Gasteiger charge is -2.30. The monoisotopic (exact) mass is 521 g/mol.